The topological polar surface area (TPSA) is 65.7 Å². The van der Waals surface area contributed by atoms with Crippen LogP contribution < -0.4 is 10.6 Å². The van der Waals surface area contributed by atoms with Crippen LogP contribution in [0.15, 0.2) is 15.6 Å². The first kappa shape index (κ1) is 21.5. The van der Waals surface area contributed by atoms with E-state index in [0.717, 1.165) is 30.9 Å². The molecule has 0 radical (unpaired) electrons. The van der Waals surface area contributed by atoms with Gasteiger partial charge in [-0.05, 0) is 33.1 Å². The summed E-state index contributed by atoms with van der Waals surface area (Å²) in [6, 6.07) is 1.95. The summed E-state index contributed by atoms with van der Waals surface area (Å²) in [6.07, 6.45) is 5.72. The second-order valence-electron chi connectivity index (χ2n) is 8.42. The quantitative estimate of drug-likeness (QED) is 0.389. The number of aliphatic imine (C=N–C) groups is 1. The van der Waals surface area contributed by atoms with Crippen molar-refractivity contribution in [1.82, 2.24) is 20.5 Å². The number of oxazole rings is 1. The summed E-state index contributed by atoms with van der Waals surface area (Å²) in [5.41, 5.74) is -0.0238. The molecule has 1 aromatic rings. The summed E-state index contributed by atoms with van der Waals surface area (Å²) >= 11 is 0. The van der Waals surface area contributed by atoms with Crippen molar-refractivity contribution in [1.29, 1.82) is 0 Å². The fourth-order valence-corrected chi connectivity index (χ4v) is 3.47. The molecule has 0 spiro atoms. The van der Waals surface area contributed by atoms with E-state index in [-0.39, 0.29) is 29.4 Å². The Morgan fingerprint density at radius 1 is 1.38 bits per heavy atom. The number of hydrogen-bond acceptors (Lipinski definition) is 4. The number of likely N-dealkylation sites (tertiary alicyclic amines) is 1. The van der Waals surface area contributed by atoms with E-state index < -0.39 is 0 Å². The molecule has 0 bridgehead atoms. The number of nitrogens with one attached hydrogen (secondary N) is 2. The smallest absolute Gasteiger partial charge is 0.216 e. The molecule has 3 rings (SSSR count). The molecule has 2 atom stereocenters. The molecule has 26 heavy (non-hydrogen) atoms. The molecule has 2 aliphatic rings. The Balaban J connectivity index is 0.00000243. The van der Waals surface area contributed by atoms with Gasteiger partial charge in [0.2, 0.25) is 5.89 Å². The maximum absolute atomic E-state index is 5.84. The SMILES string of the molecule is CCNC(=NCc1ncc(C(C)(C)C)o1)NC1CC(C)N(C2CC2)C1.I. The molecule has 0 aromatic carbocycles. The summed E-state index contributed by atoms with van der Waals surface area (Å²) in [5.74, 6) is 2.43. The van der Waals surface area contributed by atoms with Gasteiger partial charge in [-0.2, -0.15) is 0 Å². The van der Waals surface area contributed by atoms with E-state index in [1.165, 1.54) is 19.3 Å². The van der Waals surface area contributed by atoms with Crippen molar-refractivity contribution in [3.63, 3.8) is 0 Å². The lowest BCUT2D eigenvalue weighted by atomic mass is 9.94. The van der Waals surface area contributed by atoms with Crippen molar-refractivity contribution in [3.8, 4) is 0 Å². The van der Waals surface area contributed by atoms with Crippen molar-refractivity contribution in [2.75, 3.05) is 13.1 Å². The molecule has 2 heterocycles. The molecular formula is C19H34IN5O. The Kier molecular flexibility index (Phi) is 7.35. The van der Waals surface area contributed by atoms with Crippen LogP contribution in [-0.4, -0.2) is 47.1 Å². The van der Waals surface area contributed by atoms with Crippen LogP contribution in [0.1, 0.15) is 65.5 Å². The molecule has 2 unspecified atom stereocenters. The second kappa shape index (κ2) is 8.91. The first-order chi connectivity index (χ1) is 11.9. The number of halogens is 1. The van der Waals surface area contributed by atoms with Gasteiger partial charge in [-0.3, -0.25) is 4.90 Å². The minimum Gasteiger partial charge on any atom is -0.443 e. The molecule has 2 fully saturated rings. The molecule has 1 aromatic heterocycles. The predicted octanol–water partition coefficient (Wildman–Crippen LogP) is 3.27. The summed E-state index contributed by atoms with van der Waals surface area (Å²) in [7, 11) is 0. The zero-order valence-corrected chi connectivity index (χ0v) is 19.0. The van der Waals surface area contributed by atoms with Crippen molar-refractivity contribution < 1.29 is 4.42 Å². The van der Waals surface area contributed by atoms with Gasteiger partial charge < -0.3 is 15.1 Å². The first-order valence-corrected chi connectivity index (χ1v) is 9.62. The van der Waals surface area contributed by atoms with Crippen LogP contribution >= 0.6 is 24.0 Å². The number of guanidine groups is 1. The van der Waals surface area contributed by atoms with Gasteiger partial charge in [-0.1, -0.05) is 20.8 Å². The number of hydrogen-bond donors (Lipinski definition) is 2. The molecule has 1 saturated heterocycles. The van der Waals surface area contributed by atoms with Gasteiger partial charge in [-0.25, -0.2) is 9.98 Å². The molecular weight excluding hydrogens is 441 g/mol. The van der Waals surface area contributed by atoms with Crippen molar-refractivity contribution in [2.24, 2.45) is 4.99 Å². The number of rotatable bonds is 5. The zero-order chi connectivity index (χ0) is 18.0. The molecule has 1 aliphatic carbocycles. The van der Waals surface area contributed by atoms with E-state index in [0.29, 0.717) is 24.5 Å². The monoisotopic (exact) mass is 475 g/mol. The van der Waals surface area contributed by atoms with E-state index >= 15 is 0 Å². The normalized spacial score (nSPS) is 24.4. The molecule has 6 nitrogen and oxygen atoms in total. The molecule has 2 N–H and O–H groups in total. The minimum absolute atomic E-state index is 0. The fourth-order valence-electron chi connectivity index (χ4n) is 3.47. The minimum atomic E-state index is -0.0238. The van der Waals surface area contributed by atoms with Gasteiger partial charge in [0.15, 0.2) is 5.96 Å². The lowest BCUT2D eigenvalue weighted by Gasteiger charge is -2.20. The van der Waals surface area contributed by atoms with Crippen LogP contribution in [0, 0.1) is 0 Å². The van der Waals surface area contributed by atoms with Crippen LogP contribution in [0.2, 0.25) is 0 Å². The number of aromatic nitrogens is 1. The van der Waals surface area contributed by atoms with Crippen molar-refractivity contribution in [3.05, 3.63) is 17.8 Å². The van der Waals surface area contributed by atoms with E-state index in [9.17, 15) is 0 Å². The molecule has 148 valence electrons. The summed E-state index contributed by atoms with van der Waals surface area (Å²) in [5, 5.41) is 6.94. The fraction of sp³-hybridized carbons (Fsp3) is 0.789. The third kappa shape index (κ3) is 5.58. The maximum Gasteiger partial charge on any atom is 0.216 e. The zero-order valence-electron chi connectivity index (χ0n) is 16.7. The van der Waals surface area contributed by atoms with Crippen molar-refractivity contribution in [2.45, 2.75) is 84.0 Å². The number of nitrogens with zero attached hydrogens (tertiary/aromatic N) is 3. The Morgan fingerprint density at radius 2 is 2.12 bits per heavy atom. The average molecular weight is 475 g/mol. The Hall–Kier alpha value is -0.830. The van der Waals surface area contributed by atoms with Crippen LogP contribution in [-0.2, 0) is 12.0 Å². The highest BCUT2D eigenvalue weighted by atomic mass is 127. The standard InChI is InChI=1S/C19H33N5O.HI/c1-6-20-18(22-11-17-21-10-16(25-17)19(3,4)5)23-14-9-13(2)24(12-14)15-7-8-15;/h10,13-15H,6-9,11-12H2,1-5H3,(H2,20,22,23);1H. The predicted molar refractivity (Wildman–Crippen MR) is 116 cm³/mol. The molecule has 1 saturated carbocycles. The van der Waals surface area contributed by atoms with Gasteiger partial charge >= 0.3 is 0 Å². The highest BCUT2D eigenvalue weighted by Crippen LogP contribution is 2.33. The van der Waals surface area contributed by atoms with Gasteiger partial charge in [0.1, 0.15) is 12.3 Å². The first-order valence-electron chi connectivity index (χ1n) is 9.62. The highest BCUT2D eigenvalue weighted by molar-refractivity contribution is 14.0. The van der Waals surface area contributed by atoms with Gasteiger partial charge in [0, 0.05) is 36.6 Å². The van der Waals surface area contributed by atoms with Crippen molar-refractivity contribution >= 4 is 29.9 Å². The molecule has 1 aliphatic heterocycles. The van der Waals surface area contributed by atoms with E-state index in [1.54, 1.807) is 0 Å². The third-order valence-corrected chi connectivity index (χ3v) is 4.99. The van der Waals surface area contributed by atoms with Gasteiger partial charge in [-0.15, -0.1) is 24.0 Å². The Labute approximate surface area is 174 Å². The second-order valence-corrected chi connectivity index (χ2v) is 8.42. The molecule has 0 amide bonds. The maximum atomic E-state index is 5.84. The van der Waals surface area contributed by atoms with E-state index in [1.807, 2.05) is 6.20 Å². The summed E-state index contributed by atoms with van der Waals surface area (Å²) in [4.78, 5) is 11.7. The van der Waals surface area contributed by atoms with Gasteiger partial charge in [0.05, 0.1) is 6.20 Å². The van der Waals surface area contributed by atoms with Crippen LogP contribution in [0.25, 0.3) is 0 Å². The highest BCUT2D eigenvalue weighted by Gasteiger charge is 2.38. The summed E-state index contributed by atoms with van der Waals surface area (Å²) in [6.45, 7) is 13.2. The lowest BCUT2D eigenvalue weighted by Crippen LogP contribution is -2.44. The van der Waals surface area contributed by atoms with E-state index in [2.05, 4.69) is 60.1 Å². The Morgan fingerprint density at radius 3 is 2.69 bits per heavy atom. The van der Waals surface area contributed by atoms with Crippen LogP contribution in [0.3, 0.4) is 0 Å². The Bertz CT molecular complexity index is 605. The molecule has 7 heteroatoms. The van der Waals surface area contributed by atoms with Crippen LogP contribution in [0.5, 0.6) is 0 Å². The van der Waals surface area contributed by atoms with E-state index in [4.69, 9.17) is 4.42 Å². The van der Waals surface area contributed by atoms with Crippen LogP contribution in [0.4, 0.5) is 0 Å². The van der Waals surface area contributed by atoms with Gasteiger partial charge in [0.25, 0.3) is 0 Å². The average Bonchev–Trinajstić information content (AvgIpc) is 3.13. The largest absolute Gasteiger partial charge is 0.443 e. The summed E-state index contributed by atoms with van der Waals surface area (Å²) < 4.78 is 5.84. The third-order valence-electron chi connectivity index (χ3n) is 4.99. The lowest BCUT2D eigenvalue weighted by molar-refractivity contribution is 0.256.